The number of nitrogens with zero attached hydrogens (tertiary/aromatic N) is 2. The number of para-hydroxylation sites is 1. The predicted octanol–water partition coefficient (Wildman–Crippen LogP) is 4.65. The van der Waals surface area contributed by atoms with Crippen LogP contribution in [0.15, 0.2) is 42.5 Å². The minimum atomic E-state index is -0.195. The molecule has 2 aliphatic heterocycles. The van der Waals surface area contributed by atoms with Gasteiger partial charge >= 0.3 is 0 Å². The van der Waals surface area contributed by atoms with Crippen LogP contribution in [-0.4, -0.2) is 42.4 Å². The van der Waals surface area contributed by atoms with Crippen molar-refractivity contribution in [3.63, 3.8) is 0 Å². The van der Waals surface area contributed by atoms with E-state index in [9.17, 15) is 9.59 Å². The molecular weight excluding hydrogens is 398 g/mol. The van der Waals surface area contributed by atoms with Crippen LogP contribution in [0.25, 0.3) is 0 Å². The number of fused-ring (bicyclic) bond motifs is 1. The lowest BCUT2D eigenvalue weighted by Crippen LogP contribution is -2.50. The molecule has 5 nitrogen and oxygen atoms in total. The largest absolute Gasteiger partial charge is 0.371 e. The number of hydrogen-bond donors (Lipinski definition) is 1. The molecule has 32 heavy (non-hydrogen) atoms. The first kappa shape index (κ1) is 21.0. The molecular formula is C27H33N3O2. The topological polar surface area (TPSA) is 52.7 Å². The molecule has 5 rings (SSSR count). The number of aryl methyl sites for hydroxylation is 2. The standard InChI is InChI=1S/C27H33N3O2/c1-19-23(26(31)28-22-14-13-20-8-6-9-21(20)18-22)11-7-17-30(19)27(32)24-10-2-3-12-25(24)29-15-4-5-16-29/h2-3,10,12-14,18-19,23H,4-9,11,15-17H2,1H3,(H,28,31)/t19-,23-/m0/s1. The zero-order valence-electron chi connectivity index (χ0n) is 19.0. The maximum atomic E-state index is 13.6. The molecule has 2 atom stereocenters. The van der Waals surface area contributed by atoms with Crippen LogP contribution in [0.4, 0.5) is 11.4 Å². The summed E-state index contributed by atoms with van der Waals surface area (Å²) in [6, 6.07) is 14.1. The molecule has 3 aliphatic rings. The summed E-state index contributed by atoms with van der Waals surface area (Å²) >= 11 is 0. The third-order valence-electron chi connectivity index (χ3n) is 7.53. The SMILES string of the molecule is C[C@H]1[C@@H](C(=O)Nc2ccc3c(c2)CCC3)CCCN1C(=O)c1ccccc1N1CCCC1. The molecule has 5 heteroatoms. The van der Waals surface area contributed by atoms with Crippen LogP contribution in [0.2, 0.25) is 0 Å². The average molecular weight is 432 g/mol. The summed E-state index contributed by atoms with van der Waals surface area (Å²) < 4.78 is 0. The van der Waals surface area contributed by atoms with Gasteiger partial charge in [-0.1, -0.05) is 18.2 Å². The molecule has 168 valence electrons. The molecule has 1 N–H and O–H groups in total. The van der Waals surface area contributed by atoms with Gasteiger partial charge in [-0.3, -0.25) is 9.59 Å². The van der Waals surface area contributed by atoms with Gasteiger partial charge in [0.05, 0.1) is 11.5 Å². The molecule has 2 heterocycles. The number of benzene rings is 2. The molecule has 2 fully saturated rings. The zero-order valence-corrected chi connectivity index (χ0v) is 19.0. The Labute approximate surface area is 190 Å². The van der Waals surface area contributed by atoms with Crippen LogP contribution >= 0.6 is 0 Å². The predicted molar refractivity (Wildman–Crippen MR) is 128 cm³/mol. The number of carbonyl (C=O) groups is 2. The van der Waals surface area contributed by atoms with Crippen molar-refractivity contribution in [2.75, 3.05) is 29.9 Å². The number of nitrogens with one attached hydrogen (secondary N) is 1. The van der Waals surface area contributed by atoms with Crippen molar-refractivity contribution in [2.24, 2.45) is 5.92 Å². The van der Waals surface area contributed by atoms with Crippen molar-refractivity contribution in [3.05, 3.63) is 59.2 Å². The van der Waals surface area contributed by atoms with Crippen LogP contribution in [0.1, 0.15) is 60.5 Å². The summed E-state index contributed by atoms with van der Waals surface area (Å²) in [7, 11) is 0. The van der Waals surface area contributed by atoms with Gasteiger partial charge in [-0.25, -0.2) is 0 Å². The number of rotatable bonds is 4. The summed E-state index contributed by atoms with van der Waals surface area (Å²) in [4.78, 5) is 31.1. The number of amides is 2. The highest BCUT2D eigenvalue weighted by Crippen LogP contribution is 2.31. The summed E-state index contributed by atoms with van der Waals surface area (Å²) in [6.45, 7) is 4.75. The minimum Gasteiger partial charge on any atom is -0.371 e. The normalized spacial score (nSPS) is 22.7. The summed E-state index contributed by atoms with van der Waals surface area (Å²) in [5.41, 5.74) is 5.44. The van der Waals surface area contributed by atoms with E-state index in [0.717, 1.165) is 55.7 Å². The van der Waals surface area contributed by atoms with E-state index in [2.05, 4.69) is 28.4 Å². The Kier molecular flexibility index (Phi) is 5.90. The van der Waals surface area contributed by atoms with Crippen LogP contribution in [-0.2, 0) is 17.6 Å². The Morgan fingerprint density at radius 1 is 0.906 bits per heavy atom. The lowest BCUT2D eigenvalue weighted by atomic mass is 9.88. The molecule has 0 unspecified atom stereocenters. The minimum absolute atomic E-state index is 0.0285. The maximum Gasteiger partial charge on any atom is 0.256 e. The second-order valence-electron chi connectivity index (χ2n) is 9.53. The smallest absolute Gasteiger partial charge is 0.256 e. The Morgan fingerprint density at radius 2 is 1.69 bits per heavy atom. The zero-order chi connectivity index (χ0) is 22.1. The fraction of sp³-hybridized carbons (Fsp3) is 0.481. The van der Waals surface area contributed by atoms with E-state index in [-0.39, 0.29) is 23.8 Å². The van der Waals surface area contributed by atoms with Crippen LogP contribution in [0, 0.1) is 5.92 Å². The van der Waals surface area contributed by atoms with Crippen molar-refractivity contribution in [3.8, 4) is 0 Å². The quantitative estimate of drug-likeness (QED) is 0.766. The molecule has 0 spiro atoms. The van der Waals surface area contributed by atoms with E-state index >= 15 is 0 Å². The summed E-state index contributed by atoms with van der Waals surface area (Å²) in [5, 5.41) is 3.14. The third kappa shape index (κ3) is 4.01. The lowest BCUT2D eigenvalue weighted by Gasteiger charge is -2.39. The van der Waals surface area contributed by atoms with Crippen molar-refractivity contribution in [1.29, 1.82) is 0 Å². The fourth-order valence-electron chi connectivity index (χ4n) is 5.71. The highest BCUT2D eigenvalue weighted by molar-refractivity contribution is 6.01. The molecule has 0 aromatic heterocycles. The Bertz CT molecular complexity index is 1010. The second kappa shape index (κ2) is 8.97. The van der Waals surface area contributed by atoms with Crippen LogP contribution in [0.5, 0.6) is 0 Å². The Hall–Kier alpha value is -2.82. The maximum absolute atomic E-state index is 13.6. The van der Waals surface area contributed by atoms with E-state index < -0.39 is 0 Å². The first-order valence-corrected chi connectivity index (χ1v) is 12.2. The highest BCUT2D eigenvalue weighted by atomic mass is 16.2. The van der Waals surface area contributed by atoms with E-state index in [1.165, 1.54) is 30.4 Å². The van der Waals surface area contributed by atoms with Crippen LogP contribution < -0.4 is 10.2 Å². The molecule has 0 radical (unpaired) electrons. The van der Waals surface area contributed by atoms with E-state index in [4.69, 9.17) is 0 Å². The molecule has 2 aromatic rings. The summed E-state index contributed by atoms with van der Waals surface area (Å²) in [5.74, 6) is -0.115. The van der Waals surface area contributed by atoms with Gasteiger partial charge in [0.15, 0.2) is 0 Å². The number of anilines is 2. The molecule has 0 bridgehead atoms. The van der Waals surface area contributed by atoms with Gasteiger partial charge in [0.2, 0.25) is 5.91 Å². The van der Waals surface area contributed by atoms with Crippen molar-refractivity contribution < 1.29 is 9.59 Å². The Morgan fingerprint density at radius 3 is 2.53 bits per heavy atom. The number of piperidine rings is 1. The average Bonchev–Trinajstić information content (AvgIpc) is 3.50. The van der Waals surface area contributed by atoms with Gasteiger partial charge in [0.25, 0.3) is 5.91 Å². The lowest BCUT2D eigenvalue weighted by molar-refractivity contribution is -0.122. The molecule has 0 saturated carbocycles. The van der Waals surface area contributed by atoms with Crippen molar-refractivity contribution in [1.82, 2.24) is 4.90 Å². The first-order chi connectivity index (χ1) is 15.6. The number of carbonyl (C=O) groups excluding carboxylic acids is 2. The fourth-order valence-corrected chi connectivity index (χ4v) is 5.71. The number of likely N-dealkylation sites (tertiary alicyclic amines) is 1. The Balaban J connectivity index is 1.31. The van der Waals surface area contributed by atoms with E-state index in [0.29, 0.717) is 6.54 Å². The molecule has 2 saturated heterocycles. The summed E-state index contributed by atoms with van der Waals surface area (Å²) in [6.07, 6.45) is 7.44. The van der Waals surface area contributed by atoms with Crippen molar-refractivity contribution >= 4 is 23.2 Å². The highest BCUT2D eigenvalue weighted by Gasteiger charge is 2.36. The second-order valence-corrected chi connectivity index (χ2v) is 9.53. The van der Waals surface area contributed by atoms with Gasteiger partial charge in [0, 0.05) is 37.1 Å². The number of hydrogen-bond acceptors (Lipinski definition) is 3. The molecule has 2 aromatic carbocycles. The van der Waals surface area contributed by atoms with E-state index in [1.807, 2.05) is 36.1 Å². The van der Waals surface area contributed by atoms with Crippen molar-refractivity contribution in [2.45, 2.75) is 57.9 Å². The first-order valence-electron chi connectivity index (χ1n) is 12.2. The van der Waals surface area contributed by atoms with E-state index in [1.54, 1.807) is 0 Å². The van der Waals surface area contributed by atoms with Gasteiger partial charge in [-0.15, -0.1) is 0 Å². The van der Waals surface area contributed by atoms with Gasteiger partial charge < -0.3 is 15.1 Å². The van der Waals surface area contributed by atoms with Gasteiger partial charge in [-0.2, -0.15) is 0 Å². The molecule has 1 aliphatic carbocycles. The van der Waals surface area contributed by atoms with Gasteiger partial charge in [-0.05, 0) is 87.3 Å². The van der Waals surface area contributed by atoms with Gasteiger partial charge in [0.1, 0.15) is 0 Å². The van der Waals surface area contributed by atoms with Crippen LogP contribution in [0.3, 0.4) is 0 Å². The molecule has 2 amide bonds. The third-order valence-corrected chi connectivity index (χ3v) is 7.53. The monoisotopic (exact) mass is 431 g/mol.